The molecule has 0 spiro atoms. The molecule has 0 fully saturated rings. The van der Waals surface area contributed by atoms with Gasteiger partial charge in [-0.1, -0.05) is 42.1 Å². The number of hydrogen-bond donors (Lipinski definition) is 0. The Morgan fingerprint density at radius 3 is 2.64 bits per heavy atom. The fraction of sp³-hybridized carbons (Fsp3) is 0.0769. The first-order valence-corrected chi connectivity index (χ1v) is 5.65. The van der Waals surface area contributed by atoms with Crippen molar-refractivity contribution in [1.29, 1.82) is 0 Å². The lowest BCUT2D eigenvalue weighted by Crippen LogP contribution is -1.89. The van der Waals surface area contributed by atoms with Crippen LogP contribution in [0.5, 0.6) is 0 Å². The minimum atomic E-state index is 1.08. The van der Waals surface area contributed by atoms with Gasteiger partial charge in [0, 0.05) is 4.90 Å². The third-order valence-electron chi connectivity index (χ3n) is 2.56. The van der Waals surface area contributed by atoms with E-state index in [0.717, 1.165) is 6.42 Å². The fourth-order valence-electron chi connectivity index (χ4n) is 1.83. The lowest BCUT2D eigenvalue weighted by Gasteiger charge is -2.11. The Kier molecular flexibility index (Phi) is 1.84. The van der Waals surface area contributed by atoms with Crippen molar-refractivity contribution in [2.75, 3.05) is 0 Å². The zero-order chi connectivity index (χ0) is 9.38. The van der Waals surface area contributed by atoms with Gasteiger partial charge in [0.15, 0.2) is 0 Å². The van der Waals surface area contributed by atoms with Crippen LogP contribution in [-0.2, 0) is 6.42 Å². The predicted octanol–water partition coefficient (Wildman–Crippen LogP) is 4.00. The van der Waals surface area contributed by atoms with Crippen molar-refractivity contribution in [1.82, 2.24) is 0 Å². The van der Waals surface area contributed by atoms with Gasteiger partial charge in [-0.3, -0.25) is 0 Å². The van der Waals surface area contributed by atoms with Crippen molar-refractivity contribution < 1.29 is 0 Å². The Labute approximate surface area is 87.6 Å². The summed E-state index contributed by atoms with van der Waals surface area (Å²) in [6, 6.07) is 13.1. The van der Waals surface area contributed by atoms with Gasteiger partial charge in [-0.2, -0.15) is 0 Å². The SMILES string of the molecule is C1=CSc2cc3ccccc3cc2C1. The van der Waals surface area contributed by atoms with Gasteiger partial charge >= 0.3 is 0 Å². The fourth-order valence-corrected chi connectivity index (χ4v) is 2.66. The Morgan fingerprint density at radius 2 is 1.79 bits per heavy atom. The van der Waals surface area contributed by atoms with Gasteiger partial charge in [0.2, 0.25) is 0 Å². The standard InChI is InChI=1S/C13H10S/c1-2-5-11-9-13-12(6-3-7-14-13)8-10(11)4-1/h1-5,7-9H,6H2. The summed E-state index contributed by atoms with van der Waals surface area (Å²) >= 11 is 1.82. The van der Waals surface area contributed by atoms with Gasteiger partial charge in [0.05, 0.1) is 0 Å². The third kappa shape index (κ3) is 1.25. The Hall–Kier alpha value is -1.21. The molecule has 68 valence electrons. The first-order chi connectivity index (χ1) is 6.93. The highest BCUT2D eigenvalue weighted by atomic mass is 32.2. The highest BCUT2D eigenvalue weighted by Crippen LogP contribution is 2.32. The van der Waals surface area contributed by atoms with Gasteiger partial charge in [0.1, 0.15) is 0 Å². The van der Waals surface area contributed by atoms with Gasteiger partial charge in [0.25, 0.3) is 0 Å². The molecule has 0 amide bonds. The molecule has 0 aliphatic carbocycles. The van der Waals surface area contributed by atoms with Crippen molar-refractivity contribution in [3.63, 3.8) is 0 Å². The number of hydrogen-bond acceptors (Lipinski definition) is 1. The van der Waals surface area contributed by atoms with Crippen LogP contribution in [0.3, 0.4) is 0 Å². The largest absolute Gasteiger partial charge is 0.0981 e. The number of allylic oxidation sites excluding steroid dienone is 1. The molecule has 0 nitrogen and oxygen atoms in total. The highest BCUT2D eigenvalue weighted by molar-refractivity contribution is 8.02. The van der Waals surface area contributed by atoms with E-state index in [4.69, 9.17) is 0 Å². The predicted molar refractivity (Wildman–Crippen MR) is 62.6 cm³/mol. The molecule has 0 aromatic heterocycles. The summed E-state index contributed by atoms with van der Waals surface area (Å²) in [5.41, 5.74) is 1.45. The molecule has 0 saturated heterocycles. The van der Waals surface area contributed by atoms with Crippen LogP contribution < -0.4 is 0 Å². The van der Waals surface area contributed by atoms with Crippen LogP contribution in [0.25, 0.3) is 10.8 Å². The molecule has 1 heteroatoms. The molecule has 0 saturated carbocycles. The van der Waals surface area contributed by atoms with Crippen LogP contribution >= 0.6 is 11.8 Å². The molecule has 1 aliphatic heterocycles. The van der Waals surface area contributed by atoms with E-state index in [0.29, 0.717) is 0 Å². The van der Waals surface area contributed by atoms with E-state index in [1.807, 2.05) is 11.8 Å². The van der Waals surface area contributed by atoms with E-state index in [1.165, 1.54) is 21.2 Å². The summed E-state index contributed by atoms with van der Waals surface area (Å²) in [6.07, 6.45) is 3.30. The smallest absolute Gasteiger partial charge is 0.0157 e. The maximum Gasteiger partial charge on any atom is 0.0157 e. The minimum Gasteiger partial charge on any atom is -0.0981 e. The third-order valence-corrected chi connectivity index (χ3v) is 3.52. The van der Waals surface area contributed by atoms with Crippen LogP contribution in [0.4, 0.5) is 0 Å². The van der Waals surface area contributed by atoms with Crippen molar-refractivity contribution in [2.45, 2.75) is 11.3 Å². The zero-order valence-electron chi connectivity index (χ0n) is 7.73. The Morgan fingerprint density at radius 1 is 1.00 bits per heavy atom. The van der Waals surface area contributed by atoms with Crippen LogP contribution in [0.2, 0.25) is 0 Å². The van der Waals surface area contributed by atoms with Gasteiger partial charge in [-0.15, -0.1) is 0 Å². The van der Waals surface area contributed by atoms with Crippen LogP contribution in [0, 0.1) is 0 Å². The van der Waals surface area contributed by atoms with E-state index in [9.17, 15) is 0 Å². The molecule has 0 radical (unpaired) electrons. The molecule has 3 rings (SSSR count). The summed E-state index contributed by atoms with van der Waals surface area (Å²) in [5.74, 6) is 0. The average molecular weight is 198 g/mol. The first kappa shape index (κ1) is 8.13. The zero-order valence-corrected chi connectivity index (χ0v) is 8.55. The van der Waals surface area contributed by atoms with Gasteiger partial charge in [-0.25, -0.2) is 0 Å². The molecular formula is C13H10S. The molecule has 0 unspecified atom stereocenters. The van der Waals surface area contributed by atoms with Gasteiger partial charge < -0.3 is 0 Å². The molecule has 14 heavy (non-hydrogen) atoms. The number of benzene rings is 2. The van der Waals surface area contributed by atoms with E-state index in [1.54, 1.807) is 0 Å². The normalized spacial score (nSPS) is 14.3. The maximum atomic E-state index is 2.31. The number of thioether (sulfide) groups is 1. The summed E-state index contributed by atoms with van der Waals surface area (Å²) in [4.78, 5) is 1.41. The topological polar surface area (TPSA) is 0 Å². The minimum absolute atomic E-state index is 1.08. The molecule has 1 aliphatic rings. The van der Waals surface area contributed by atoms with E-state index < -0.39 is 0 Å². The van der Waals surface area contributed by atoms with Crippen molar-refractivity contribution in [3.05, 3.63) is 53.4 Å². The monoisotopic (exact) mass is 198 g/mol. The van der Waals surface area contributed by atoms with E-state index >= 15 is 0 Å². The van der Waals surface area contributed by atoms with E-state index in [2.05, 4.69) is 47.9 Å². The molecule has 2 aromatic rings. The second-order valence-corrected chi connectivity index (χ2v) is 4.45. The van der Waals surface area contributed by atoms with Gasteiger partial charge in [-0.05, 0) is 40.3 Å². The molecule has 0 atom stereocenters. The van der Waals surface area contributed by atoms with Crippen LogP contribution in [0.15, 0.2) is 52.8 Å². The second-order valence-electron chi connectivity index (χ2n) is 3.50. The van der Waals surface area contributed by atoms with E-state index in [-0.39, 0.29) is 0 Å². The highest BCUT2D eigenvalue weighted by Gasteiger charge is 2.06. The first-order valence-electron chi connectivity index (χ1n) is 4.77. The summed E-state index contributed by atoms with van der Waals surface area (Å²) < 4.78 is 0. The van der Waals surface area contributed by atoms with Crippen molar-refractivity contribution in [3.8, 4) is 0 Å². The van der Waals surface area contributed by atoms with Crippen molar-refractivity contribution in [2.24, 2.45) is 0 Å². The second kappa shape index (κ2) is 3.18. The Bertz CT molecular complexity index is 465. The quantitative estimate of drug-likeness (QED) is 0.616. The lowest BCUT2D eigenvalue weighted by molar-refractivity contribution is 1.19. The molecule has 0 bridgehead atoms. The molecule has 2 aromatic carbocycles. The summed E-state index contributed by atoms with van der Waals surface area (Å²) in [7, 11) is 0. The summed E-state index contributed by atoms with van der Waals surface area (Å²) in [5, 5.41) is 4.87. The molecule has 1 heterocycles. The number of rotatable bonds is 0. The molecule has 0 N–H and O–H groups in total. The maximum absolute atomic E-state index is 2.31. The van der Waals surface area contributed by atoms with Crippen molar-refractivity contribution >= 4 is 22.5 Å². The lowest BCUT2D eigenvalue weighted by atomic mass is 10.0. The number of fused-ring (bicyclic) bond motifs is 2. The molecular weight excluding hydrogens is 188 g/mol. The van der Waals surface area contributed by atoms with Crippen LogP contribution in [0.1, 0.15) is 5.56 Å². The van der Waals surface area contributed by atoms with Crippen LogP contribution in [-0.4, -0.2) is 0 Å². The Balaban J connectivity index is 2.30. The average Bonchev–Trinajstić information content (AvgIpc) is 2.26. The summed E-state index contributed by atoms with van der Waals surface area (Å²) in [6.45, 7) is 0.